The third-order valence-electron chi connectivity index (χ3n) is 3.85. The van der Waals surface area contributed by atoms with Crippen LogP contribution in [0.15, 0.2) is 36.4 Å². The third kappa shape index (κ3) is 2.60. The van der Waals surface area contributed by atoms with Gasteiger partial charge in [-0.3, -0.25) is 4.79 Å². The third-order valence-corrected chi connectivity index (χ3v) is 3.85. The van der Waals surface area contributed by atoms with Gasteiger partial charge in [-0.2, -0.15) is 0 Å². The van der Waals surface area contributed by atoms with Gasteiger partial charge in [0, 0.05) is 30.3 Å². The van der Waals surface area contributed by atoms with E-state index >= 15 is 0 Å². The molecule has 0 aliphatic carbocycles. The highest BCUT2D eigenvalue weighted by atomic mass is 19.1. The first kappa shape index (κ1) is 14.7. The predicted molar refractivity (Wildman–Crippen MR) is 79.6 cm³/mol. The molecule has 0 spiro atoms. The average Bonchev–Trinajstić information content (AvgIpc) is 2.50. The van der Waals surface area contributed by atoms with Crippen LogP contribution in [0.2, 0.25) is 0 Å². The van der Waals surface area contributed by atoms with Gasteiger partial charge in [-0.15, -0.1) is 0 Å². The molecule has 1 amide bonds. The molecule has 3 nitrogen and oxygen atoms in total. The molecule has 0 bridgehead atoms. The van der Waals surface area contributed by atoms with Gasteiger partial charge in [0.25, 0.3) is 0 Å². The standard InChI is InChI=1S/C17H15F2NO2/c18-13-3-4-14(15(19)10-13)11-1-5-16-12(9-11)2-6-17(22)20(16)7-8-21/h1,3-5,9-10,21H,2,6-8H2. The zero-order chi connectivity index (χ0) is 15.7. The van der Waals surface area contributed by atoms with Gasteiger partial charge in [-0.05, 0) is 41.8 Å². The number of halogens is 2. The summed E-state index contributed by atoms with van der Waals surface area (Å²) in [6, 6.07) is 8.77. The Balaban J connectivity index is 2.02. The summed E-state index contributed by atoms with van der Waals surface area (Å²) in [6.45, 7) is 0.135. The molecule has 0 atom stereocenters. The van der Waals surface area contributed by atoms with Crippen molar-refractivity contribution >= 4 is 11.6 Å². The molecule has 1 heterocycles. The molecule has 22 heavy (non-hydrogen) atoms. The first-order valence-electron chi connectivity index (χ1n) is 7.09. The molecule has 0 unspecified atom stereocenters. The Morgan fingerprint density at radius 1 is 1.09 bits per heavy atom. The fraction of sp³-hybridized carbons (Fsp3) is 0.235. The Labute approximate surface area is 126 Å². The summed E-state index contributed by atoms with van der Waals surface area (Å²) in [5.41, 5.74) is 2.65. The van der Waals surface area contributed by atoms with Crippen molar-refractivity contribution in [3.05, 3.63) is 53.6 Å². The monoisotopic (exact) mass is 303 g/mol. The van der Waals surface area contributed by atoms with Crippen LogP contribution in [0.3, 0.4) is 0 Å². The molecule has 0 radical (unpaired) electrons. The van der Waals surface area contributed by atoms with Gasteiger partial charge in [0.15, 0.2) is 0 Å². The number of benzene rings is 2. The van der Waals surface area contributed by atoms with E-state index in [0.717, 1.165) is 17.3 Å². The number of amides is 1. The second kappa shape index (κ2) is 5.85. The van der Waals surface area contributed by atoms with Crippen LogP contribution in [0.25, 0.3) is 11.1 Å². The van der Waals surface area contributed by atoms with Crippen molar-refractivity contribution in [3.8, 4) is 11.1 Å². The second-order valence-electron chi connectivity index (χ2n) is 5.24. The van der Waals surface area contributed by atoms with Crippen LogP contribution in [-0.2, 0) is 11.2 Å². The minimum Gasteiger partial charge on any atom is -0.395 e. The topological polar surface area (TPSA) is 40.5 Å². The van der Waals surface area contributed by atoms with Crippen LogP contribution in [0.5, 0.6) is 0 Å². The van der Waals surface area contributed by atoms with E-state index < -0.39 is 11.6 Å². The molecule has 0 fully saturated rings. The van der Waals surface area contributed by atoms with Crippen LogP contribution in [0, 0.1) is 11.6 Å². The molecule has 114 valence electrons. The first-order valence-corrected chi connectivity index (χ1v) is 7.09. The summed E-state index contributed by atoms with van der Waals surface area (Å²) >= 11 is 0. The van der Waals surface area contributed by atoms with Crippen LogP contribution < -0.4 is 4.90 Å². The maximum Gasteiger partial charge on any atom is 0.227 e. The van der Waals surface area contributed by atoms with Gasteiger partial charge >= 0.3 is 0 Å². The van der Waals surface area contributed by atoms with E-state index in [1.165, 1.54) is 12.1 Å². The van der Waals surface area contributed by atoms with Crippen molar-refractivity contribution < 1.29 is 18.7 Å². The number of aliphatic hydroxyl groups is 1. The largest absolute Gasteiger partial charge is 0.395 e. The summed E-state index contributed by atoms with van der Waals surface area (Å²) in [5.74, 6) is -1.25. The Morgan fingerprint density at radius 3 is 2.64 bits per heavy atom. The lowest BCUT2D eigenvalue weighted by Crippen LogP contribution is -2.37. The normalized spacial score (nSPS) is 14.1. The zero-order valence-corrected chi connectivity index (χ0v) is 11.9. The fourth-order valence-electron chi connectivity index (χ4n) is 2.80. The molecule has 3 rings (SSSR count). The number of anilines is 1. The number of β-amino-alcohol motifs (C(OH)–C–C–N with tert-alkyl or cyclic N) is 1. The van der Waals surface area contributed by atoms with Crippen LogP contribution in [-0.4, -0.2) is 24.2 Å². The second-order valence-corrected chi connectivity index (χ2v) is 5.24. The maximum absolute atomic E-state index is 13.9. The minimum absolute atomic E-state index is 0.0257. The van der Waals surface area contributed by atoms with Crippen LogP contribution in [0.4, 0.5) is 14.5 Å². The highest BCUT2D eigenvalue weighted by Gasteiger charge is 2.24. The average molecular weight is 303 g/mol. The van der Waals surface area contributed by atoms with Gasteiger partial charge in [0.2, 0.25) is 5.91 Å². The molecule has 2 aromatic rings. The molecule has 0 aromatic heterocycles. The lowest BCUT2D eigenvalue weighted by Gasteiger charge is -2.29. The van der Waals surface area contributed by atoms with E-state index in [0.29, 0.717) is 24.0 Å². The Bertz CT molecular complexity index is 731. The summed E-state index contributed by atoms with van der Waals surface area (Å²) < 4.78 is 26.9. The number of hydrogen-bond donors (Lipinski definition) is 1. The van der Waals surface area contributed by atoms with Crippen LogP contribution >= 0.6 is 0 Å². The number of rotatable bonds is 3. The maximum atomic E-state index is 13.9. The van der Waals surface area contributed by atoms with Crippen molar-refractivity contribution in [1.29, 1.82) is 0 Å². The molecule has 2 aromatic carbocycles. The van der Waals surface area contributed by atoms with E-state index in [1.807, 2.05) is 6.07 Å². The highest BCUT2D eigenvalue weighted by molar-refractivity contribution is 5.96. The first-order chi connectivity index (χ1) is 10.6. The number of carbonyl (C=O) groups excluding carboxylic acids is 1. The van der Waals surface area contributed by atoms with E-state index in [-0.39, 0.29) is 19.1 Å². The number of fused-ring (bicyclic) bond motifs is 1. The van der Waals surface area contributed by atoms with Gasteiger partial charge in [0.05, 0.1) is 6.61 Å². The summed E-state index contributed by atoms with van der Waals surface area (Å²) in [6.07, 6.45) is 0.940. The van der Waals surface area contributed by atoms with Gasteiger partial charge in [0.1, 0.15) is 11.6 Å². The Morgan fingerprint density at radius 2 is 1.91 bits per heavy atom. The number of aryl methyl sites for hydroxylation is 1. The van der Waals surface area contributed by atoms with Crippen molar-refractivity contribution in [3.63, 3.8) is 0 Å². The predicted octanol–water partition coefficient (Wildman–Crippen LogP) is 2.90. The number of carbonyl (C=O) groups is 1. The molecule has 0 saturated carbocycles. The van der Waals surface area contributed by atoms with Crippen molar-refractivity contribution in [2.75, 3.05) is 18.1 Å². The molecule has 1 N–H and O–H groups in total. The number of aliphatic hydroxyl groups excluding tert-OH is 1. The quantitative estimate of drug-likeness (QED) is 0.947. The van der Waals surface area contributed by atoms with Crippen molar-refractivity contribution in [1.82, 2.24) is 0 Å². The Kier molecular flexibility index (Phi) is 3.90. The molecule has 5 heteroatoms. The lowest BCUT2D eigenvalue weighted by molar-refractivity contribution is -0.119. The van der Waals surface area contributed by atoms with Gasteiger partial charge in [-0.25, -0.2) is 8.78 Å². The van der Waals surface area contributed by atoms with E-state index in [2.05, 4.69) is 0 Å². The fourth-order valence-corrected chi connectivity index (χ4v) is 2.80. The zero-order valence-electron chi connectivity index (χ0n) is 11.9. The molecule has 0 saturated heterocycles. The van der Waals surface area contributed by atoms with Gasteiger partial charge in [-0.1, -0.05) is 6.07 Å². The Hall–Kier alpha value is -2.27. The van der Waals surface area contributed by atoms with Crippen LogP contribution in [0.1, 0.15) is 12.0 Å². The van der Waals surface area contributed by atoms with E-state index in [1.54, 1.807) is 17.0 Å². The van der Waals surface area contributed by atoms with Crippen molar-refractivity contribution in [2.45, 2.75) is 12.8 Å². The minimum atomic E-state index is -0.612. The smallest absolute Gasteiger partial charge is 0.227 e. The number of hydrogen-bond acceptors (Lipinski definition) is 2. The van der Waals surface area contributed by atoms with E-state index in [4.69, 9.17) is 5.11 Å². The van der Waals surface area contributed by atoms with Gasteiger partial charge < -0.3 is 10.0 Å². The summed E-state index contributed by atoms with van der Waals surface area (Å²) in [5, 5.41) is 9.08. The van der Waals surface area contributed by atoms with E-state index in [9.17, 15) is 13.6 Å². The van der Waals surface area contributed by atoms with Crippen molar-refractivity contribution in [2.24, 2.45) is 0 Å². The molecular formula is C17H15F2NO2. The summed E-state index contributed by atoms with van der Waals surface area (Å²) in [7, 11) is 0. The molecule has 1 aliphatic heterocycles. The number of nitrogens with zero attached hydrogens (tertiary/aromatic N) is 1. The molecular weight excluding hydrogens is 288 g/mol. The SMILES string of the molecule is O=C1CCc2cc(-c3ccc(F)cc3F)ccc2N1CCO. The summed E-state index contributed by atoms with van der Waals surface area (Å²) in [4.78, 5) is 13.5. The lowest BCUT2D eigenvalue weighted by atomic mass is 9.95. The highest BCUT2D eigenvalue weighted by Crippen LogP contribution is 2.33. The molecule has 1 aliphatic rings.